The Morgan fingerprint density at radius 1 is 1.08 bits per heavy atom. The molecule has 0 atom stereocenters. The average Bonchev–Trinajstić information content (AvgIpc) is 2.67. The van der Waals surface area contributed by atoms with Crippen LogP contribution in [0, 0.1) is 0 Å². The van der Waals surface area contributed by atoms with E-state index >= 15 is 0 Å². The van der Waals surface area contributed by atoms with E-state index in [1.807, 2.05) is 37.3 Å². The van der Waals surface area contributed by atoms with Crippen molar-refractivity contribution in [2.75, 3.05) is 11.9 Å². The van der Waals surface area contributed by atoms with Crippen LogP contribution >= 0.6 is 0 Å². The van der Waals surface area contributed by atoms with E-state index in [0.717, 1.165) is 23.4 Å². The number of nitrogens with one attached hydrogen (secondary N) is 2. The summed E-state index contributed by atoms with van der Waals surface area (Å²) in [5.41, 5.74) is 3.13. The molecular formula is C19H19N5O. The van der Waals surface area contributed by atoms with Gasteiger partial charge >= 0.3 is 0 Å². The van der Waals surface area contributed by atoms with Crippen LogP contribution in [0.5, 0.6) is 0 Å². The van der Waals surface area contributed by atoms with Crippen LogP contribution in [-0.2, 0) is 0 Å². The molecule has 2 N–H and O–H groups in total. The largest absolute Gasteiger partial charge is 0.352 e. The number of rotatable bonds is 6. The second kappa shape index (κ2) is 8.01. The number of benzene rings is 1. The van der Waals surface area contributed by atoms with Gasteiger partial charge in [-0.25, -0.2) is 9.97 Å². The minimum Gasteiger partial charge on any atom is -0.352 e. The molecule has 2 aromatic heterocycles. The van der Waals surface area contributed by atoms with Crippen molar-refractivity contribution in [1.29, 1.82) is 0 Å². The van der Waals surface area contributed by atoms with Gasteiger partial charge in [0.1, 0.15) is 0 Å². The number of aromatic nitrogens is 3. The number of hydrogen-bond donors (Lipinski definition) is 2. The minimum absolute atomic E-state index is 0.0862. The van der Waals surface area contributed by atoms with E-state index in [-0.39, 0.29) is 5.91 Å². The quantitative estimate of drug-likeness (QED) is 0.722. The summed E-state index contributed by atoms with van der Waals surface area (Å²) in [7, 11) is 0. The summed E-state index contributed by atoms with van der Waals surface area (Å²) in [5.74, 6) is 0.386. The number of hydrogen-bond acceptors (Lipinski definition) is 5. The van der Waals surface area contributed by atoms with E-state index in [1.165, 1.54) is 0 Å². The van der Waals surface area contributed by atoms with Gasteiger partial charge in [-0.2, -0.15) is 0 Å². The van der Waals surface area contributed by atoms with Gasteiger partial charge in [0.2, 0.25) is 5.95 Å². The van der Waals surface area contributed by atoms with Crippen LogP contribution in [0.4, 0.5) is 11.6 Å². The van der Waals surface area contributed by atoms with Gasteiger partial charge in [0, 0.05) is 41.9 Å². The monoisotopic (exact) mass is 333 g/mol. The first-order valence-electron chi connectivity index (χ1n) is 8.15. The Morgan fingerprint density at radius 2 is 1.92 bits per heavy atom. The maximum atomic E-state index is 12.1. The van der Waals surface area contributed by atoms with Crippen molar-refractivity contribution in [2.45, 2.75) is 13.3 Å². The lowest BCUT2D eigenvalue weighted by molar-refractivity contribution is 0.0953. The molecule has 3 aromatic rings. The van der Waals surface area contributed by atoms with Crippen LogP contribution in [-0.4, -0.2) is 27.4 Å². The zero-order valence-electron chi connectivity index (χ0n) is 13.9. The molecule has 126 valence electrons. The van der Waals surface area contributed by atoms with Crippen LogP contribution in [0.2, 0.25) is 0 Å². The first-order chi connectivity index (χ1) is 12.3. The van der Waals surface area contributed by atoms with Gasteiger partial charge in [0.25, 0.3) is 5.91 Å². The molecule has 0 unspecified atom stereocenters. The summed E-state index contributed by atoms with van der Waals surface area (Å²) in [6.45, 7) is 2.68. The van der Waals surface area contributed by atoms with Gasteiger partial charge in [-0.15, -0.1) is 0 Å². The van der Waals surface area contributed by atoms with Crippen LogP contribution in [0.3, 0.4) is 0 Å². The second-order valence-electron chi connectivity index (χ2n) is 5.46. The number of pyridine rings is 1. The van der Waals surface area contributed by atoms with Gasteiger partial charge in [0.15, 0.2) is 0 Å². The first-order valence-corrected chi connectivity index (χ1v) is 8.15. The fraction of sp³-hybridized carbons (Fsp3) is 0.158. The number of nitrogens with zero attached hydrogens (tertiary/aromatic N) is 3. The van der Waals surface area contributed by atoms with Crippen molar-refractivity contribution < 1.29 is 4.79 Å². The highest BCUT2D eigenvalue weighted by molar-refractivity contribution is 5.95. The van der Waals surface area contributed by atoms with Crippen molar-refractivity contribution >= 4 is 17.5 Å². The van der Waals surface area contributed by atoms with Crippen molar-refractivity contribution in [3.8, 4) is 11.3 Å². The zero-order valence-corrected chi connectivity index (χ0v) is 13.9. The number of anilines is 2. The Morgan fingerprint density at radius 3 is 2.72 bits per heavy atom. The third-order valence-electron chi connectivity index (χ3n) is 3.55. The molecule has 2 heterocycles. The lowest BCUT2D eigenvalue weighted by atomic mass is 10.2. The third-order valence-corrected chi connectivity index (χ3v) is 3.55. The maximum Gasteiger partial charge on any atom is 0.251 e. The van der Waals surface area contributed by atoms with Gasteiger partial charge in [-0.05, 0) is 42.8 Å². The fourth-order valence-corrected chi connectivity index (χ4v) is 2.31. The predicted octanol–water partition coefficient (Wildman–Crippen LogP) is 3.42. The highest BCUT2D eigenvalue weighted by Crippen LogP contribution is 2.19. The molecule has 0 aliphatic carbocycles. The van der Waals surface area contributed by atoms with Crippen LogP contribution < -0.4 is 10.6 Å². The van der Waals surface area contributed by atoms with Crippen LogP contribution in [0.1, 0.15) is 23.7 Å². The zero-order chi connectivity index (χ0) is 17.5. The van der Waals surface area contributed by atoms with Crippen molar-refractivity contribution in [1.82, 2.24) is 20.3 Å². The number of amides is 1. The Labute approximate surface area is 146 Å². The molecule has 3 rings (SSSR count). The Balaban J connectivity index is 1.78. The summed E-state index contributed by atoms with van der Waals surface area (Å²) >= 11 is 0. The third kappa shape index (κ3) is 4.38. The molecule has 6 heteroatoms. The molecule has 0 aliphatic heterocycles. The molecule has 0 radical (unpaired) electrons. The number of carbonyl (C=O) groups is 1. The topological polar surface area (TPSA) is 79.8 Å². The summed E-state index contributed by atoms with van der Waals surface area (Å²) < 4.78 is 0. The van der Waals surface area contributed by atoms with Gasteiger partial charge in [-0.3, -0.25) is 9.78 Å². The molecule has 0 saturated carbocycles. The van der Waals surface area contributed by atoms with Gasteiger partial charge in [0.05, 0.1) is 5.69 Å². The second-order valence-corrected chi connectivity index (χ2v) is 5.46. The SMILES string of the molecule is CCCNC(=O)c1cccc(Nc2nccc(-c3ccncc3)n2)c1. The van der Waals surface area contributed by atoms with Gasteiger partial charge in [-0.1, -0.05) is 13.0 Å². The van der Waals surface area contributed by atoms with Crippen LogP contribution in [0.25, 0.3) is 11.3 Å². The Kier molecular flexibility index (Phi) is 5.31. The molecule has 0 fully saturated rings. The summed E-state index contributed by atoms with van der Waals surface area (Å²) in [5, 5.41) is 6.01. The number of carbonyl (C=O) groups excluding carboxylic acids is 1. The van der Waals surface area contributed by atoms with E-state index in [0.29, 0.717) is 18.1 Å². The lowest BCUT2D eigenvalue weighted by Gasteiger charge is -2.08. The minimum atomic E-state index is -0.0862. The van der Waals surface area contributed by atoms with Crippen molar-refractivity contribution in [3.63, 3.8) is 0 Å². The molecule has 0 bridgehead atoms. The van der Waals surface area contributed by atoms with Gasteiger partial charge < -0.3 is 10.6 Å². The molecule has 6 nitrogen and oxygen atoms in total. The summed E-state index contributed by atoms with van der Waals surface area (Å²) in [6, 6.07) is 12.9. The van der Waals surface area contributed by atoms with Crippen molar-refractivity contribution in [3.05, 3.63) is 66.6 Å². The first kappa shape index (κ1) is 16.6. The molecule has 0 spiro atoms. The van der Waals surface area contributed by atoms with E-state index in [1.54, 1.807) is 30.7 Å². The Hall–Kier alpha value is -3.28. The molecule has 25 heavy (non-hydrogen) atoms. The van der Waals surface area contributed by atoms with E-state index in [9.17, 15) is 4.79 Å². The average molecular weight is 333 g/mol. The fourth-order valence-electron chi connectivity index (χ4n) is 2.31. The standard InChI is InChI=1S/C19H19N5O/c1-2-9-21-18(25)15-4-3-5-16(13-15)23-19-22-12-8-17(24-19)14-6-10-20-11-7-14/h3-8,10-13H,2,9H2,1H3,(H,21,25)(H,22,23,24). The smallest absolute Gasteiger partial charge is 0.251 e. The summed E-state index contributed by atoms with van der Waals surface area (Å²) in [4.78, 5) is 24.8. The maximum absolute atomic E-state index is 12.1. The Bertz CT molecular complexity index is 851. The summed E-state index contributed by atoms with van der Waals surface area (Å²) in [6.07, 6.45) is 6.05. The molecule has 0 aliphatic rings. The highest BCUT2D eigenvalue weighted by Gasteiger charge is 2.07. The van der Waals surface area contributed by atoms with Crippen molar-refractivity contribution in [2.24, 2.45) is 0 Å². The predicted molar refractivity (Wildman–Crippen MR) is 97.6 cm³/mol. The molecular weight excluding hydrogens is 314 g/mol. The molecule has 1 amide bonds. The van der Waals surface area contributed by atoms with E-state index in [2.05, 4.69) is 25.6 Å². The van der Waals surface area contributed by atoms with E-state index in [4.69, 9.17) is 0 Å². The highest BCUT2D eigenvalue weighted by atomic mass is 16.1. The molecule has 0 saturated heterocycles. The lowest BCUT2D eigenvalue weighted by Crippen LogP contribution is -2.23. The van der Waals surface area contributed by atoms with E-state index < -0.39 is 0 Å². The molecule has 1 aromatic carbocycles. The normalized spacial score (nSPS) is 10.3. The van der Waals surface area contributed by atoms with Crippen LogP contribution in [0.15, 0.2) is 61.1 Å².